The van der Waals surface area contributed by atoms with Crippen LogP contribution in [-0.4, -0.2) is 14.5 Å². The number of fused-ring (bicyclic) bond motifs is 6. The molecule has 1 aliphatic rings. The summed E-state index contributed by atoms with van der Waals surface area (Å²) < 4.78 is 10.4. The minimum absolute atomic E-state index is 0.466. The van der Waals surface area contributed by atoms with Gasteiger partial charge in [-0.2, -0.15) is 9.13 Å². The average molecular weight is 351 g/mol. The van der Waals surface area contributed by atoms with Gasteiger partial charge in [0.15, 0.2) is 5.52 Å². The summed E-state index contributed by atoms with van der Waals surface area (Å²) in [5.74, 6) is 1.96. The second kappa shape index (κ2) is 5.38. The maximum atomic E-state index is 5.99. The lowest BCUT2D eigenvalue weighted by Crippen LogP contribution is -2.41. The molecule has 0 unspecified atom stereocenters. The van der Waals surface area contributed by atoms with Crippen molar-refractivity contribution in [3.05, 3.63) is 79.1 Å². The van der Waals surface area contributed by atoms with Crippen LogP contribution in [0, 0.1) is 0 Å². The number of ether oxygens (including phenoxy) is 1. The van der Waals surface area contributed by atoms with Crippen LogP contribution >= 0.6 is 0 Å². The molecule has 5 heteroatoms. The van der Waals surface area contributed by atoms with Crippen LogP contribution in [0.2, 0.25) is 0 Å². The fraction of sp³-hybridized carbons (Fsp3) is 0.0455. The first-order valence-corrected chi connectivity index (χ1v) is 8.87. The highest BCUT2D eigenvalue weighted by molar-refractivity contribution is 5.83. The summed E-state index contributed by atoms with van der Waals surface area (Å²) in [5.41, 5.74) is 5.01. The number of imidazole rings is 1. The van der Waals surface area contributed by atoms with E-state index in [1.54, 1.807) is 0 Å². The predicted octanol–water partition coefficient (Wildman–Crippen LogP) is 3.88. The number of aromatic nitrogens is 4. The molecule has 0 atom stereocenters. The Balaban J connectivity index is 1.74. The van der Waals surface area contributed by atoms with E-state index in [0.29, 0.717) is 6.73 Å². The van der Waals surface area contributed by atoms with Gasteiger partial charge in [0, 0.05) is 23.8 Å². The number of pyridine rings is 2. The van der Waals surface area contributed by atoms with Gasteiger partial charge in [0.05, 0.1) is 5.52 Å². The van der Waals surface area contributed by atoms with Crippen LogP contribution in [-0.2, 0) is 6.73 Å². The summed E-state index contributed by atoms with van der Waals surface area (Å²) in [6, 6.07) is 22.6. The zero-order valence-corrected chi connectivity index (χ0v) is 14.4. The molecule has 0 N–H and O–H groups in total. The molecule has 6 rings (SSSR count). The van der Waals surface area contributed by atoms with E-state index in [4.69, 9.17) is 4.74 Å². The summed E-state index contributed by atoms with van der Waals surface area (Å²) in [7, 11) is 0. The van der Waals surface area contributed by atoms with Crippen molar-refractivity contribution in [3.63, 3.8) is 0 Å². The molecule has 0 aliphatic carbocycles. The van der Waals surface area contributed by atoms with Crippen molar-refractivity contribution >= 4 is 22.1 Å². The summed E-state index contributed by atoms with van der Waals surface area (Å²) in [6.07, 6.45) is 3.66. The Bertz CT molecular complexity index is 1340. The molecule has 0 saturated heterocycles. The van der Waals surface area contributed by atoms with Crippen LogP contribution in [0.4, 0.5) is 0 Å². The topological polar surface area (TPSA) is 43.8 Å². The monoisotopic (exact) mass is 351 g/mol. The largest absolute Gasteiger partial charge is 0.453 e. The van der Waals surface area contributed by atoms with E-state index >= 15 is 0 Å². The molecule has 2 aromatic carbocycles. The van der Waals surface area contributed by atoms with Crippen molar-refractivity contribution in [2.45, 2.75) is 6.73 Å². The fourth-order valence-electron chi connectivity index (χ4n) is 3.85. The third-order valence-corrected chi connectivity index (χ3v) is 5.06. The van der Waals surface area contributed by atoms with Crippen LogP contribution in [0.15, 0.2) is 79.1 Å². The minimum atomic E-state index is 0.466. The number of nitrogens with zero attached hydrogens (tertiary/aromatic N) is 4. The highest BCUT2D eigenvalue weighted by atomic mass is 16.5. The van der Waals surface area contributed by atoms with E-state index in [1.807, 2.05) is 42.7 Å². The van der Waals surface area contributed by atoms with Gasteiger partial charge < -0.3 is 4.74 Å². The summed E-state index contributed by atoms with van der Waals surface area (Å²) >= 11 is 0. The van der Waals surface area contributed by atoms with Crippen molar-refractivity contribution in [3.8, 4) is 22.8 Å². The van der Waals surface area contributed by atoms with Gasteiger partial charge in [-0.3, -0.25) is 4.98 Å². The molecule has 4 heterocycles. The maximum Gasteiger partial charge on any atom is 0.303 e. The Kier molecular flexibility index (Phi) is 2.88. The third kappa shape index (κ3) is 2.02. The van der Waals surface area contributed by atoms with Crippen molar-refractivity contribution in [2.24, 2.45) is 0 Å². The van der Waals surface area contributed by atoms with Crippen molar-refractivity contribution < 1.29 is 9.30 Å². The van der Waals surface area contributed by atoms with E-state index in [1.165, 1.54) is 0 Å². The second-order valence-corrected chi connectivity index (χ2v) is 6.58. The fourth-order valence-corrected chi connectivity index (χ4v) is 3.85. The molecule has 1 aliphatic heterocycles. The summed E-state index contributed by atoms with van der Waals surface area (Å²) in [6.45, 7) is 0.466. The first kappa shape index (κ1) is 14.4. The molecule has 0 fully saturated rings. The van der Waals surface area contributed by atoms with Crippen LogP contribution in [0.3, 0.4) is 0 Å². The molecule has 5 nitrogen and oxygen atoms in total. The van der Waals surface area contributed by atoms with Gasteiger partial charge in [-0.25, -0.2) is 4.98 Å². The normalized spacial score (nSPS) is 12.6. The van der Waals surface area contributed by atoms with Crippen molar-refractivity contribution in [2.75, 3.05) is 0 Å². The zero-order chi connectivity index (χ0) is 17.8. The van der Waals surface area contributed by atoms with E-state index in [9.17, 15) is 0 Å². The Hall–Kier alpha value is -3.73. The zero-order valence-electron chi connectivity index (χ0n) is 14.4. The van der Waals surface area contributed by atoms with E-state index in [-0.39, 0.29) is 0 Å². The SMILES string of the molecule is c1ccc2c(c1)OC[n+]1c-2n(-c2ccc3cccnc3c2)c2ncccc21. The lowest BCUT2D eigenvalue weighted by atomic mass is 10.1. The number of benzene rings is 2. The Morgan fingerprint density at radius 2 is 1.78 bits per heavy atom. The molecule has 3 aromatic heterocycles. The van der Waals surface area contributed by atoms with Gasteiger partial charge in [-0.15, -0.1) is 0 Å². The van der Waals surface area contributed by atoms with Gasteiger partial charge in [0.1, 0.15) is 17.0 Å². The summed E-state index contributed by atoms with van der Waals surface area (Å²) in [5, 5.41) is 1.12. The van der Waals surface area contributed by atoms with Crippen LogP contribution in [0.5, 0.6) is 5.75 Å². The number of hydrogen-bond acceptors (Lipinski definition) is 3. The Morgan fingerprint density at radius 3 is 2.78 bits per heavy atom. The Morgan fingerprint density at radius 1 is 0.889 bits per heavy atom. The van der Waals surface area contributed by atoms with Gasteiger partial charge in [0.2, 0.25) is 6.73 Å². The molecule has 128 valence electrons. The first-order chi connectivity index (χ1) is 13.4. The van der Waals surface area contributed by atoms with Gasteiger partial charge in [0.25, 0.3) is 5.65 Å². The van der Waals surface area contributed by atoms with Crippen molar-refractivity contribution in [1.29, 1.82) is 0 Å². The van der Waals surface area contributed by atoms with E-state index in [0.717, 1.165) is 44.9 Å². The second-order valence-electron chi connectivity index (χ2n) is 6.58. The first-order valence-electron chi connectivity index (χ1n) is 8.87. The number of para-hydroxylation sites is 1. The molecule has 0 bridgehead atoms. The quantitative estimate of drug-likeness (QED) is 0.431. The highest BCUT2D eigenvalue weighted by Crippen LogP contribution is 2.35. The van der Waals surface area contributed by atoms with Crippen LogP contribution < -0.4 is 9.30 Å². The number of rotatable bonds is 1. The van der Waals surface area contributed by atoms with Crippen LogP contribution in [0.25, 0.3) is 39.1 Å². The standard InChI is InChI=1S/C22H15N4O/c1-2-8-20-17(6-1)22-25(14-27-20)19-7-4-12-24-21(19)26(22)16-10-9-15-5-3-11-23-18(15)13-16/h1-13H,14H2/q+1. The Labute approximate surface area is 155 Å². The highest BCUT2D eigenvalue weighted by Gasteiger charge is 2.34. The lowest BCUT2D eigenvalue weighted by Gasteiger charge is -2.15. The molecule has 0 spiro atoms. The molecule has 0 amide bonds. The third-order valence-electron chi connectivity index (χ3n) is 5.06. The molecule has 5 aromatic rings. The van der Waals surface area contributed by atoms with Gasteiger partial charge >= 0.3 is 5.82 Å². The maximum absolute atomic E-state index is 5.99. The smallest absolute Gasteiger partial charge is 0.303 e. The lowest BCUT2D eigenvalue weighted by molar-refractivity contribution is -0.693. The van der Waals surface area contributed by atoms with Crippen LogP contribution in [0.1, 0.15) is 0 Å². The number of hydrogen-bond donors (Lipinski definition) is 0. The average Bonchev–Trinajstić information content (AvgIpc) is 3.08. The molecule has 0 radical (unpaired) electrons. The van der Waals surface area contributed by atoms with Crippen molar-refractivity contribution in [1.82, 2.24) is 14.5 Å². The van der Waals surface area contributed by atoms with E-state index < -0.39 is 0 Å². The molecule has 0 saturated carbocycles. The molecule has 27 heavy (non-hydrogen) atoms. The molecular formula is C22H15N4O+. The van der Waals surface area contributed by atoms with Gasteiger partial charge in [-0.05, 0) is 42.5 Å². The van der Waals surface area contributed by atoms with E-state index in [2.05, 4.69) is 55.5 Å². The summed E-state index contributed by atoms with van der Waals surface area (Å²) in [4.78, 5) is 9.20. The molecular weight excluding hydrogens is 336 g/mol. The predicted molar refractivity (Wildman–Crippen MR) is 103 cm³/mol. The minimum Gasteiger partial charge on any atom is -0.453 e. The van der Waals surface area contributed by atoms with Gasteiger partial charge in [-0.1, -0.05) is 18.2 Å².